The first kappa shape index (κ1) is 15.3. The third-order valence-corrected chi connectivity index (χ3v) is 3.25. The quantitative estimate of drug-likeness (QED) is 0.523. The lowest BCUT2D eigenvalue weighted by Gasteiger charge is -2.08. The molecule has 0 radical (unpaired) electrons. The van der Waals surface area contributed by atoms with Crippen LogP contribution in [0.15, 0.2) is 48.5 Å². The summed E-state index contributed by atoms with van der Waals surface area (Å²) in [7, 11) is 0. The molecule has 2 aromatic carbocycles. The van der Waals surface area contributed by atoms with Gasteiger partial charge in [0.25, 0.3) is 0 Å². The van der Waals surface area contributed by atoms with Gasteiger partial charge in [0.2, 0.25) is 0 Å². The number of thiol groups is 1. The number of carbonyl (C=O) groups is 2. The first-order valence-corrected chi connectivity index (χ1v) is 7.25. The number of hydrogen-bond acceptors (Lipinski definition) is 4. The van der Waals surface area contributed by atoms with Gasteiger partial charge in [-0.15, -0.1) is 0 Å². The fourth-order valence-electron chi connectivity index (χ4n) is 2.01. The van der Waals surface area contributed by atoms with E-state index in [1.807, 2.05) is 18.2 Å². The van der Waals surface area contributed by atoms with Crippen molar-refractivity contribution in [2.45, 2.75) is 6.92 Å². The van der Waals surface area contributed by atoms with Crippen molar-refractivity contribution in [3.63, 3.8) is 0 Å². The molecule has 0 heterocycles. The van der Waals surface area contributed by atoms with Gasteiger partial charge < -0.3 is 4.74 Å². The molecular formula is C17H16O3S. The van der Waals surface area contributed by atoms with Crippen molar-refractivity contribution in [3.8, 4) is 0 Å². The summed E-state index contributed by atoms with van der Waals surface area (Å²) >= 11 is 4.00. The number of ether oxygens (including phenoxy) is 1. The standard InChI is InChI=1S/C17H16O3S/c1-12-11-14(16(18)13-5-3-2-4-6-13)7-8-15(12)17(19)20-9-10-21/h2-8,11,21H,9-10H2,1H3. The zero-order chi connectivity index (χ0) is 15.2. The topological polar surface area (TPSA) is 43.4 Å². The van der Waals surface area contributed by atoms with Gasteiger partial charge in [0.1, 0.15) is 6.61 Å². The Morgan fingerprint density at radius 3 is 2.38 bits per heavy atom. The van der Waals surface area contributed by atoms with E-state index in [9.17, 15) is 9.59 Å². The Morgan fingerprint density at radius 1 is 1.05 bits per heavy atom. The molecule has 0 aromatic heterocycles. The lowest BCUT2D eigenvalue weighted by molar-refractivity contribution is 0.0529. The van der Waals surface area contributed by atoms with Gasteiger partial charge in [-0.3, -0.25) is 4.79 Å². The molecule has 21 heavy (non-hydrogen) atoms. The zero-order valence-corrected chi connectivity index (χ0v) is 12.6. The third kappa shape index (κ3) is 3.73. The average Bonchev–Trinajstić information content (AvgIpc) is 2.52. The molecule has 2 aromatic rings. The first-order valence-electron chi connectivity index (χ1n) is 6.62. The summed E-state index contributed by atoms with van der Waals surface area (Å²) in [6.45, 7) is 2.06. The molecule has 0 spiro atoms. The first-order chi connectivity index (χ1) is 10.1. The predicted octanol–water partition coefficient (Wildman–Crippen LogP) is 3.31. The van der Waals surface area contributed by atoms with E-state index in [0.29, 0.717) is 22.4 Å². The van der Waals surface area contributed by atoms with Gasteiger partial charge in [-0.05, 0) is 24.6 Å². The lowest BCUT2D eigenvalue weighted by Crippen LogP contribution is -2.10. The number of benzene rings is 2. The predicted molar refractivity (Wildman–Crippen MR) is 85.2 cm³/mol. The monoisotopic (exact) mass is 300 g/mol. The number of carbonyl (C=O) groups excluding carboxylic acids is 2. The number of esters is 1. The molecular weight excluding hydrogens is 284 g/mol. The van der Waals surface area contributed by atoms with Crippen molar-refractivity contribution < 1.29 is 14.3 Å². The second-order valence-corrected chi connectivity index (χ2v) is 5.03. The Bertz CT molecular complexity index is 650. The van der Waals surface area contributed by atoms with Crippen LogP contribution in [0.1, 0.15) is 31.8 Å². The van der Waals surface area contributed by atoms with Gasteiger partial charge >= 0.3 is 5.97 Å². The van der Waals surface area contributed by atoms with Gasteiger partial charge in [-0.1, -0.05) is 36.4 Å². The summed E-state index contributed by atoms with van der Waals surface area (Å²) in [5.41, 5.74) is 2.38. The van der Waals surface area contributed by atoms with Gasteiger partial charge in [0, 0.05) is 16.9 Å². The van der Waals surface area contributed by atoms with Gasteiger partial charge in [0.05, 0.1) is 5.56 Å². The Morgan fingerprint density at radius 2 is 1.76 bits per heavy atom. The normalized spacial score (nSPS) is 10.2. The van der Waals surface area contributed by atoms with Crippen LogP contribution in [0.2, 0.25) is 0 Å². The second-order valence-electron chi connectivity index (χ2n) is 4.58. The summed E-state index contributed by atoms with van der Waals surface area (Å²) < 4.78 is 5.04. The highest BCUT2D eigenvalue weighted by atomic mass is 32.1. The largest absolute Gasteiger partial charge is 0.461 e. The van der Waals surface area contributed by atoms with Crippen molar-refractivity contribution in [1.82, 2.24) is 0 Å². The van der Waals surface area contributed by atoms with Crippen molar-refractivity contribution in [1.29, 1.82) is 0 Å². The molecule has 0 aliphatic carbocycles. The molecule has 108 valence electrons. The van der Waals surface area contributed by atoms with Crippen molar-refractivity contribution in [3.05, 3.63) is 70.8 Å². The highest BCUT2D eigenvalue weighted by Gasteiger charge is 2.14. The molecule has 0 saturated heterocycles. The van der Waals surface area contributed by atoms with Crippen molar-refractivity contribution in [2.24, 2.45) is 0 Å². The lowest BCUT2D eigenvalue weighted by atomic mass is 9.99. The number of ketones is 1. The molecule has 0 N–H and O–H groups in total. The highest BCUT2D eigenvalue weighted by molar-refractivity contribution is 7.80. The van der Waals surface area contributed by atoms with E-state index in [-0.39, 0.29) is 18.4 Å². The Kier molecular flexibility index (Phi) is 5.17. The summed E-state index contributed by atoms with van der Waals surface area (Å²) in [4.78, 5) is 24.2. The van der Waals surface area contributed by atoms with E-state index in [0.717, 1.165) is 5.56 Å². The Hall–Kier alpha value is -2.07. The van der Waals surface area contributed by atoms with Crippen LogP contribution in [0.5, 0.6) is 0 Å². The SMILES string of the molecule is Cc1cc(C(=O)c2ccccc2)ccc1C(=O)OCCS. The van der Waals surface area contributed by atoms with Crippen LogP contribution in [-0.2, 0) is 4.74 Å². The van der Waals surface area contributed by atoms with Crippen LogP contribution < -0.4 is 0 Å². The molecule has 0 aliphatic heterocycles. The van der Waals surface area contributed by atoms with E-state index < -0.39 is 0 Å². The maximum atomic E-state index is 12.3. The molecule has 0 fully saturated rings. The Labute approximate surface area is 129 Å². The van der Waals surface area contributed by atoms with Crippen molar-refractivity contribution in [2.75, 3.05) is 12.4 Å². The van der Waals surface area contributed by atoms with E-state index >= 15 is 0 Å². The maximum absolute atomic E-state index is 12.3. The minimum atomic E-state index is -0.389. The summed E-state index contributed by atoms with van der Waals surface area (Å²) in [5, 5.41) is 0. The Balaban J connectivity index is 2.23. The van der Waals surface area contributed by atoms with Gasteiger partial charge in [-0.25, -0.2) is 4.79 Å². The van der Waals surface area contributed by atoms with Crippen LogP contribution in [0.4, 0.5) is 0 Å². The minimum Gasteiger partial charge on any atom is -0.461 e. The number of rotatable bonds is 5. The second kappa shape index (κ2) is 7.09. The minimum absolute atomic E-state index is 0.0611. The summed E-state index contributed by atoms with van der Waals surface area (Å²) in [5.74, 6) is 0.0317. The number of hydrogen-bond donors (Lipinski definition) is 1. The van der Waals surface area contributed by atoms with E-state index in [4.69, 9.17) is 4.74 Å². The van der Waals surface area contributed by atoms with Crippen LogP contribution in [0.25, 0.3) is 0 Å². The van der Waals surface area contributed by atoms with Crippen LogP contribution in [-0.4, -0.2) is 24.1 Å². The van der Waals surface area contributed by atoms with Gasteiger partial charge in [0.15, 0.2) is 5.78 Å². The molecule has 0 aliphatic rings. The summed E-state index contributed by atoms with van der Waals surface area (Å²) in [6, 6.07) is 14.0. The third-order valence-electron chi connectivity index (χ3n) is 3.07. The smallest absolute Gasteiger partial charge is 0.338 e. The van der Waals surface area contributed by atoms with Crippen LogP contribution in [0.3, 0.4) is 0 Å². The molecule has 3 nitrogen and oxygen atoms in total. The molecule has 2 rings (SSSR count). The fraction of sp³-hybridized carbons (Fsp3) is 0.176. The van der Waals surface area contributed by atoms with E-state index in [1.165, 1.54) is 0 Å². The fourth-order valence-corrected chi connectivity index (χ4v) is 2.10. The molecule has 4 heteroatoms. The molecule has 0 atom stereocenters. The van der Waals surface area contributed by atoms with Crippen LogP contribution in [0, 0.1) is 6.92 Å². The van der Waals surface area contributed by atoms with E-state index in [1.54, 1.807) is 37.3 Å². The highest BCUT2D eigenvalue weighted by Crippen LogP contribution is 2.16. The molecule has 0 amide bonds. The van der Waals surface area contributed by atoms with Crippen molar-refractivity contribution >= 4 is 24.4 Å². The summed E-state index contributed by atoms with van der Waals surface area (Å²) in [6.07, 6.45) is 0. The van der Waals surface area contributed by atoms with E-state index in [2.05, 4.69) is 12.6 Å². The number of aryl methyl sites for hydroxylation is 1. The average molecular weight is 300 g/mol. The zero-order valence-electron chi connectivity index (χ0n) is 11.7. The molecule has 0 bridgehead atoms. The maximum Gasteiger partial charge on any atom is 0.338 e. The van der Waals surface area contributed by atoms with Crippen LogP contribution >= 0.6 is 12.6 Å². The molecule has 0 unspecified atom stereocenters. The molecule has 0 saturated carbocycles. The van der Waals surface area contributed by atoms with Gasteiger partial charge in [-0.2, -0.15) is 12.6 Å².